The Morgan fingerprint density at radius 3 is 2.12 bits per heavy atom. The Balaban J connectivity index is 0.628. The second-order valence-electron chi connectivity index (χ2n) is 27.2. The van der Waals surface area contributed by atoms with E-state index < -0.39 is 94.3 Å². The van der Waals surface area contributed by atoms with Crippen LogP contribution in [0.5, 0.6) is 0 Å². The maximum absolute atomic E-state index is 14.5. The summed E-state index contributed by atoms with van der Waals surface area (Å²) in [6.07, 6.45) is 3.79. The molecule has 12 rings (SSSR count). The molecule has 5 N–H and O–H groups in total. The second kappa shape index (κ2) is 29.4. The first-order valence-electron chi connectivity index (χ1n) is 32.9. The van der Waals surface area contributed by atoms with Crippen LogP contribution in [0.3, 0.4) is 0 Å². The van der Waals surface area contributed by atoms with Crippen molar-refractivity contribution >= 4 is 84.1 Å². The minimum absolute atomic E-state index is 0.0106. The number of alkyl halides is 5. The number of allylic oxidation sites excluding steroid dienone is 1. The van der Waals surface area contributed by atoms with Gasteiger partial charge in [-0.25, -0.2) is 30.3 Å². The van der Waals surface area contributed by atoms with Crippen LogP contribution in [0.15, 0.2) is 117 Å². The van der Waals surface area contributed by atoms with E-state index in [2.05, 4.69) is 49.8 Å². The predicted octanol–water partition coefficient (Wildman–Crippen LogP) is 8.50. The number of ether oxygens (including phenoxy) is 2. The summed E-state index contributed by atoms with van der Waals surface area (Å²) in [6, 6.07) is 20.7. The van der Waals surface area contributed by atoms with Gasteiger partial charge in [-0.15, -0.1) is 11.8 Å². The van der Waals surface area contributed by atoms with Gasteiger partial charge in [0.05, 0.1) is 48.1 Å². The number of thioether (sulfide) groups is 1. The molecule has 3 saturated heterocycles. The molecule has 0 aromatic heterocycles. The number of piperidine rings is 2. The lowest BCUT2D eigenvalue weighted by atomic mass is 9.32. The first-order valence-corrected chi connectivity index (χ1v) is 36.9. The van der Waals surface area contributed by atoms with Gasteiger partial charge in [-0.3, -0.25) is 43.9 Å². The number of hydrogen-bond donors (Lipinski definition) is 5. The van der Waals surface area contributed by atoms with Crippen molar-refractivity contribution in [3.05, 3.63) is 119 Å². The van der Waals surface area contributed by atoms with E-state index in [0.717, 1.165) is 66.5 Å². The van der Waals surface area contributed by atoms with Crippen molar-refractivity contribution in [3.8, 4) is 0 Å². The summed E-state index contributed by atoms with van der Waals surface area (Å²) in [4.78, 5) is 83.5. The minimum atomic E-state index is -6.18. The fraction of sp³-hybridized carbons (Fsp3) is 0.529. The summed E-state index contributed by atoms with van der Waals surface area (Å²) in [6.45, 7) is 11.0. The number of fused-ring (bicyclic) bond motifs is 1. The predicted molar refractivity (Wildman–Crippen MR) is 353 cm³/mol. The summed E-state index contributed by atoms with van der Waals surface area (Å²) >= 11 is 1.39. The Hall–Kier alpha value is -7.02. The van der Waals surface area contributed by atoms with Crippen molar-refractivity contribution in [1.29, 1.82) is 0 Å². The number of nitrogens with one attached hydrogen (secondary N) is 5. The van der Waals surface area contributed by atoms with Gasteiger partial charge in [0.15, 0.2) is 0 Å². The van der Waals surface area contributed by atoms with E-state index in [1.54, 1.807) is 24.3 Å². The molecule has 8 aliphatic rings. The molecule has 4 aromatic rings. The van der Waals surface area contributed by atoms with E-state index in [1.165, 1.54) is 41.1 Å². The van der Waals surface area contributed by atoms with E-state index in [1.807, 2.05) is 35.1 Å². The number of benzene rings is 4. The molecule has 1 unspecified atom stereocenters. The molecule has 524 valence electrons. The standard InChI is InChI=1S/C68H82F5N9O12S3/c1-65(2)23-19-46(52(38-65)66-41-67(42-66,43-66)64(69)70)39-80-29-31-81(32-30-80)48-13-11-44(12-14-48)60(85)78-97(91,92)50-15-16-53(56(37-50)96(89,90)68(71,72)73)76-47(40-95-49-7-4-3-5-8-49)22-28-79-26-20-45(21-27-79)59(84)75-25-34-94-36-35-93-33-24-74-54-10-6-9-51-58(54)63(88)82(62(51)87)55-17-18-57(83)77-61(55)86/h3-16,37,45,47,55,64,74,76H,17-36,38-43H2,1-2H3,(H,75,84)(H,78,85)(H,77,83,86)/t47-,55?,66?,67?/m1/s1. The number of piperazine rings is 1. The van der Waals surface area contributed by atoms with Gasteiger partial charge in [-0.2, -0.15) is 13.2 Å². The molecule has 21 nitrogen and oxygen atoms in total. The largest absolute Gasteiger partial charge is 0.501 e. The lowest BCUT2D eigenvalue weighted by molar-refractivity contribution is -0.250. The van der Waals surface area contributed by atoms with Crippen LogP contribution >= 0.6 is 11.8 Å². The van der Waals surface area contributed by atoms with Gasteiger partial charge in [-0.05, 0) is 155 Å². The van der Waals surface area contributed by atoms with Crippen LogP contribution in [0, 0.1) is 22.2 Å². The van der Waals surface area contributed by atoms with Crippen LogP contribution < -0.4 is 30.9 Å². The highest BCUT2D eigenvalue weighted by Crippen LogP contribution is 2.79. The van der Waals surface area contributed by atoms with E-state index in [-0.39, 0.29) is 97.5 Å². The number of hydrogen-bond acceptors (Lipinski definition) is 18. The van der Waals surface area contributed by atoms with Gasteiger partial charge in [0.1, 0.15) is 10.9 Å². The number of sulfonamides is 1. The lowest BCUT2D eigenvalue weighted by Gasteiger charge is -2.72. The number of rotatable bonds is 29. The third-order valence-corrected chi connectivity index (χ3v) is 24.0. The van der Waals surface area contributed by atoms with Gasteiger partial charge in [0.2, 0.25) is 24.1 Å². The van der Waals surface area contributed by atoms with Crippen LogP contribution in [-0.2, 0) is 43.7 Å². The fourth-order valence-electron chi connectivity index (χ4n) is 14.6. The molecule has 4 aromatic carbocycles. The molecular weight excluding hydrogens is 1330 g/mol. The second-order valence-corrected chi connectivity index (χ2v) is 31.9. The highest BCUT2D eigenvalue weighted by Gasteiger charge is 2.73. The third kappa shape index (κ3) is 16.0. The Morgan fingerprint density at radius 1 is 0.763 bits per heavy atom. The summed E-state index contributed by atoms with van der Waals surface area (Å²) in [5.74, 6) is -3.65. The number of amides is 6. The summed E-state index contributed by atoms with van der Waals surface area (Å²) in [7, 11) is -11.1. The van der Waals surface area contributed by atoms with Crippen molar-refractivity contribution in [2.24, 2.45) is 22.2 Å². The highest BCUT2D eigenvalue weighted by atomic mass is 32.2. The normalized spacial score (nSPS) is 22.8. The van der Waals surface area contributed by atoms with E-state index in [0.29, 0.717) is 83.0 Å². The fourth-order valence-corrected chi connectivity index (χ4v) is 17.7. The van der Waals surface area contributed by atoms with Crippen molar-refractivity contribution in [2.75, 3.05) is 113 Å². The van der Waals surface area contributed by atoms with Gasteiger partial charge in [0, 0.05) is 104 Å². The number of carbonyl (C=O) groups excluding carboxylic acids is 6. The number of halogens is 5. The topological polar surface area (TPSA) is 262 Å². The van der Waals surface area contributed by atoms with Crippen LogP contribution in [0.2, 0.25) is 0 Å². The maximum atomic E-state index is 14.5. The molecule has 2 bridgehead atoms. The Kier molecular flexibility index (Phi) is 21.6. The van der Waals surface area contributed by atoms with Gasteiger partial charge < -0.3 is 35.2 Å². The maximum Gasteiger partial charge on any atom is 0.501 e. The quantitative estimate of drug-likeness (QED) is 0.0112. The summed E-state index contributed by atoms with van der Waals surface area (Å²) in [5.41, 5.74) is -2.85. The number of nitrogens with zero attached hydrogens (tertiary/aromatic N) is 4. The number of carbonyl (C=O) groups is 6. The third-order valence-electron chi connectivity index (χ3n) is 20.0. The van der Waals surface area contributed by atoms with E-state index in [4.69, 9.17) is 9.47 Å². The van der Waals surface area contributed by atoms with Crippen LogP contribution in [0.25, 0.3) is 0 Å². The summed E-state index contributed by atoms with van der Waals surface area (Å²) in [5, 5.41) is 11.2. The Bertz CT molecular complexity index is 3870. The van der Waals surface area contributed by atoms with Crippen LogP contribution in [0.1, 0.15) is 116 Å². The Morgan fingerprint density at radius 2 is 1.45 bits per heavy atom. The van der Waals surface area contributed by atoms with Gasteiger partial charge >= 0.3 is 5.51 Å². The molecule has 0 radical (unpaired) electrons. The number of likely N-dealkylation sites (tertiary alicyclic amines) is 1. The number of sulfone groups is 1. The molecule has 3 saturated carbocycles. The van der Waals surface area contributed by atoms with Gasteiger partial charge in [-0.1, -0.05) is 49.3 Å². The molecule has 4 aliphatic heterocycles. The monoisotopic (exact) mass is 1410 g/mol. The average Bonchev–Trinajstić information content (AvgIpc) is 1.14. The molecule has 29 heteroatoms. The van der Waals surface area contributed by atoms with Crippen LogP contribution in [-0.4, -0.2) is 189 Å². The highest BCUT2D eigenvalue weighted by molar-refractivity contribution is 7.99. The van der Waals surface area contributed by atoms with E-state index >= 15 is 0 Å². The first kappa shape index (κ1) is 71.3. The zero-order chi connectivity index (χ0) is 69.1. The SMILES string of the molecule is CC1(C)CCC(CN2CCN(c3ccc(C(=O)NS(=O)(=O)c4ccc(N[C@H](CCN5CCC(C(=O)NCCOCCOCCNc6cccc7c6C(=O)N(C6CCC(=O)NC6=O)C7=O)CC5)CSc5ccccc5)c(S(=O)(=O)C(F)(F)F)c4)cc3)CC2)=C(C23CC(C(F)F)(C2)C3)C1. The molecule has 6 amide bonds. The molecule has 0 spiro atoms. The van der Waals surface area contributed by atoms with Crippen molar-refractivity contribution in [1.82, 2.24) is 30.1 Å². The lowest BCUT2D eigenvalue weighted by Crippen LogP contribution is -2.66. The van der Waals surface area contributed by atoms with Gasteiger partial charge in [0.25, 0.3) is 37.6 Å². The molecule has 4 heterocycles. The van der Waals surface area contributed by atoms with Crippen LogP contribution in [0.4, 0.5) is 39.0 Å². The first-order chi connectivity index (χ1) is 46.1. The number of anilines is 3. The zero-order valence-corrected chi connectivity index (χ0v) is 56.6. The number of imide groups is 2. The van der Waals surface area contributed by atoms with E-state index in [9.17, 15) is 67.6 Å². The summed E-state index contributed by atoms with van der Waals surface area (Å²) < 4.78 is 139. The molecule has 4 aliphatic carbocycles. The molecule has 2 atom stereocenters. The van der Waals surface area contributed by atoms with Crippen molar-refractivity contribution in [2.45, 2.75) is 123 Å². The van der Waals surface area contributed by atoms with Crippen molar-refractivity contribution < 1.29 is 77.0 Å². The Labute approximate surface area is 565 Å². The minimum Gasteiger partial charge on any atom is -0.382 e. The smallest absolute Gasteiger partial charge is 0.382 e. The molecule has 97 heavy (non-hydrogen) atoms. The van der Waals surface area contributed by atoms with Crippen molar-refractivity contribution in [3.63, 3.8) is 0 Å². The molecule has 6 fully saturated rings. The average molecular weight is 1410 g/mol. The molecular formula is C68H82F5N9O12S3. The zero-order valence-electron chi connectivity index (χ0n) is 54.2.